The zero-order valence-corrected chi connectivity index (χ0v) is 10.3. The molecule has 0 aliphatic rings. The number of halogens is 1. The van der Waals surface area contributed by atoms with Gasteiger partial charge in [-0.1, -0.05) is 6.07 Å². The number of thiophene rings is 1. The van der Waals surface area contributed by atoms with E-state index in [2.05, 4.69) is 15.9 Å². The molecule has 0 aromatic carbocycles. The highest BCUT2D eigenvalue weighted by Crippen LogP contribution is 2.27. The minimum absolute atomic E-state index is 0.125. The van der Waals surface area contributed by atoms with Crippen molar-refractivity contribution in [1.29, 1.82) is 0 Å². The monoisotopic (exact) mass is 299 g/mol. The first-order chi connectivity index (χ1) is 7.66. The Kier molecular flexibility index (Phi) is 3.21. The molecule has 4 nitrogen and oxygen atoms in total. The molecule has 0 spiro atoms. The molecule has 0 atom stereocenters. The average molecular weight is 300 g/mol. The molecular formula is C10H6BrNO3S. The predicted molar refractivity (Wildman–Crippen MR) is 65.9 cm³/mol. The average Bonchev–Trinajstić information content (AvgIpc) is 2.85. The maximum atomic E-state index is 10.4. The van der Waals surface area contributed by atoms with Crippen molar-refractivity contribution in [3.63, 3.8) is 0 Å². The lowest BCUT2D eigenvalue weighted by molar-refractivity contribution is -0.407. The lowest BCUT2D eigenvalue weighted by Gasteiger charge is -1.89. The van der Waals surface area contributed by atoms with Crippen molar-refractivity contribution in [3.8, 4) is 10.6 Å². The van der Waals surface area contributed by atoms with Gasteiger partial charge in [0.1, 0.15) is 11.5 Å². The maximum absolute atomic E-state index is 10.4. The van der Waals surface area contributed by atoms with Crippen LogP contribution in [0.3, 0.4) is 0 Å². The molecule has 16 heavy (non-hydrogen) atoms. The molecule has 0 aliphatic carbocycles. The third-order valence-electron chi connectivity index (χ3n) is 1.83. The number of nitro groups is 1. The summed E-state index contributed by atoms with van der Waals surface area (Å²) in [7, 11) is 0. The minimum atomic E-state index is -0.521. The number of hydrogen-bond acceptors (Lipinski definition) is 4. The molecule has 0 saturated heterocycles. The van der Waals surface area contributed by atoms with Crippen molar-refractivity contribution in [2.24, 2.45) is 0 Å². The van der Waals surface area contributed by atoms with Crippen LogP contribution in [-0.4, -0.2) is 4.92 Å². The number of furan rings is 1. The zero-order chi connectivity index (χ0) is 11.5. The predicted octanol–water partition coefficient (Wildman–Crippen LogP) is 3.98. The van der Waals surface area contributed by atoms with E-state index in [1.165, 1.54) is 6.08 Å². The van der Waals surface area contributed by atoms with Crippen LogP contribution in [0.25, 0.3) is 16.7 Å². The van der Waals surface area contributed by atoms with E-state index < -0.39 is 4.92 Å². The van der Waals surface area contributed by atoms with Crippen LogP contribution in [0.5, 0.6) is 0 Å². The Hall–Kier alpha value is -1.40. The summed E-state index contributed by atoms with van der Waals surface area (Å²) in [5.41, 5.74) is 0. The Bertz CT molecular complexity index is 530. The fourth-order valence-corrected chi connectivity index (χ4v) is 2.06. The maximum Gasteiger partial charge on any atom is 0.314 e. The van der Waals surface area contributed by atoms with Gasteiger partial charge in [0.15, 0.2) is 0 Å². The van der Waals surface area contributed by atoms with Crippen molar-refractivity contribution in [2.75, 3.05) is 0 Å². The second kappa shape index (κ2) is 4.63. The van der Waals surface area contributed by atoms with E-state index >= 15 is 0 Å². The van der Waals surface area contributed by atoms with Crippen LogP contribution in [0.1, 0.15) is 5.76 Å². The second-order valence-corrected chi connectivity index (χ2v) is 4.66. The summed E-state index contributed by atoms with van der Waals surface area (Å²) in [6, 6.07) is 7.34. The van der Waals surface area contributed by atoms with E-state index in [0.717, 1.165) is 4.88 Å². The molecule has 0 unspecified atom stereocenters. The van der Waals surface area contributed by atoms with E-state index in [0.29, 0.717) is 11.5 Å². The van der Waals surface area contributed by atoms with Crippen LogP contribution in [0.2, 0.25) is 0 Å². The summed E-state index contributed by atoms with van der Waals surface area (Å²) < 4.78 is 5.32. The lowest BCUT2D eigenvalue weighted by atomic mass is 10.3. The fraction of sp³-hybridized carbons (Fsp3) is 0. The van der Waals surface area contributed by atoms with Crippen LogP contribution in [0, 0.1) is 10.1 Å². The minimum Gasteiger partial charge on any atom is -0.456 e. The van der Waals surface area contributed by atoms with Gasteiger partial charge in [0.05, 0.1) is 15.9 Å². The van der Waals surface area contributed by atoms with Crippen molar-refractivity contribution in [3.05, 3.63) is 50.1 Å². The Morgan fingerprint density at radius 3 is 2.94 bits per heavy atom. The summed E-state index contributed by atoms with van der Waals surface area (Å²) in [6.45, 7) is 0. The van der Waals surface area contributed by atoms with Crippen LogP contribution < -0.4 is 0 Å². The molecule has 0 bridgehead atoms. The number of hydrogen-bond donors (Lipinski definition) is 0. The fourth-order valence-electron chi connectivity index (χ4n) is 1.15. The highest BCUT2D eigenvalue weighted by molar-refractivity contribution is 9.11. The highest BCUT2D eigenvalue weighted by atomic mass is 79.9. The first-order valence-electron chi connectivity index (χ1n) is 4.32. The van der Waals surface area contributed by atoms with Crippen molar-refractivity contribution >= 4 is 33.3 Å². The van der Waals surface area contributed by atoms with Gasteiger partial charge in [-0.3, -0.25) is 10.1 Å². The number of rotatable bonds is 3. The smallest absolute Gasteiger partial charge is 0.314 e. The molecule has 0 radical (unpaired) electrons. The molecule has 0 saturated carbocycles. The topological polar surface area (TPSA) is 56.3 Å². The van der Waals surface area contributed by atoms with Crippen LogP contribution in [-0.2, 0) is 0 Å². The molecule has 6 heteroatoms. The number of nitrogens with zero attached hydrogens (tertiary/aromatic N) is 1. The van der Waals surface area contributed by atoms with Crippen LogP contribution >= 0.6 is 27.3 Å². The SMILES string of the molecule is O=[N+]([O-])C(Br)=Cc1ccc(-c2cccs2)o1. The Labute approximate surface area is 103 Å². The van der Waals surface area contributed by atoms with E-state index in [4.69, 9.17) is 4.42 Å². The molecule has 0 aliphatic heterocycles. The second-order valence-electron chi connectivity index (χ2n) is 2.90. The molecule has 0 N–H and O–H groups in total. The Morgan fingerprint density at radius 2 is 2.31 bits per heavy atom. The summed E-state index contributed by atoms with van der Waals surface area (Å²) in [5, 5.41) is 12.3. The van der Waals surface area contributed by atoms with E-state index in [1.54, 1.807) is 23.5 Å². The van der Waals surface area contributed by atoms with Crippen molar-refractivity contribution in [2.45, 2.75) is 0 Å². The van der Waals surface area contributed by atoms with E-state index in [-0.39, 0.29) is 4.61 Å². The third kappa shape index (κ3) is 2.40. The van der Waals surface area contributed by atoms with Gasteiger partial charge in [0.25, 0.3) is 0 Å². The molecule has 2 aromatic rings. The quantitative estimate of drug-likeness (QED) is 0.489. The molecular weight excluding hydrogens is 294 g/mol. The van der Waals surface area contributed by atoms with Crippen LogP contribution in [0.4, 0.5) is 0 Å². The Morgan fingerprint density at radius 1 is 1.50 bits per heavy atom. The first-order valence-corrected chi connectivity index (χ1v) is 5.99. The van der Waals surface area contributed by atoms with E-state index in [1.807, 2.05) is 17.5 Å². The lowest BCUT2D eigenvalue weighted by Crippen LogP contribution is -1.88. The highest BCUT2D eigenvalue weighted by Gasteiger charge is 2.08. The third-order valence-corrected chi connectivity index (χ3v) is 3.23. The molecule has 2 heterocycles. The van der Waals surface area contributed by atoms with Gasteiger partial charge in [0.2, 0.25) is 0 Å². The van der Waals surface area contributed by atoms with Gasteiger partial charge in [0, 0.05) is 15.9 Å². The van der Waals surface area contributed by atoms with Crippen molar-refractivity contribution in [1.82, 2.24) is 0 Å². The standard InChI is InChI=1S/C10H6BrNO3S/c11-10(12(13)14)6-7-3-4-8(15-7)9-2-1-5-16-9/h1-6H. The van der Waals surface area contributed by atoms with Gasteiger partial charge >= 0.3 is 4.61 Å². The summed E-state index contributed by atoms with van der Waals surface area (Å²) in [4.78, 5) is 10.9. The normalized spacial score (nSPS) is 11.7. The molecule has 2 aromatic heterocycles. The van der Waals surface area contributed by atoms with Gasteiger partial charge < -0.3 is 4.42 Å². The first kappa shape index (κ1) is 11.1. The molecule has 2 rings (SSSR count). The van der Waals surface area contributed by atoms with Gasteiger partial charge in [-0.25, -0.2) is 0 Å². The van der Waals surface area contributed by atoms with Gasteiger partial charge in [-0.2, -0.15) is 0 Å². The van der Waals surface area contributed by atoms with Gasteiger partial charge in [-0.05, 0) is 23.6 Å². The Balaban J connectivity index is 2.27. The van der Waals surface area contributed by atoms with E-state index in [9.17, 15) is 10.1 Å². The molecule has 0 fully saturated rings. The van der Waals surface area contributed by atoms with Crippen LogP contribution in [0.15, 0.2) is 38.7 Å². The summed E-state index contributed by atoms with van der Waals surface area (Å²) in [5.74, 6) is 1.16. The zero-order valence-electron chi connectivity index (χ0n) is 7.92. The van der Waals surface area contributed by atoms with Gasteiger partial charge in [-0.15, -0.1) is 11.3 Å². The largest absolute Gasteiger partial charge is 0.456 e. The molecule has 82 valence electrons. The summed E-state index contributed by atoms with van der Waals surface area (Å²) in [6.07, 6.45) is 1.33. The summed E-state index contributed by atoms with van der Waals surface area (Å²) >= 11 is 4.40. The molecule has 0 amide bonds. The van der Waals surface area contributed by atoms with Crippen molar-refractivity contribution < 1.29 is 9.34 Å².